The molecule has 0 unspecified atom stereocenters. The Hall–Kier alpha value is -2.55. The number of nitrogens with one attached hydrogen (secondary N) is 1. The van der Waals surface area contributed by atoms with E-state index in [1.165, 1.54) is 5.56 Å². The second-order valence-corrected chi connectivity index (χ2v) is 4.55. The summed E-state index contributed by atoms with van der Waals surface area (Å²) in [5, 5.41) is 10.4. The number of aldehydes is 1. The van der Waals surface area contributed by atoms with Gasteiger partial charge < -0.3 is 10.1 Å². The third-order valence-corrected chi connectivity index (χ3v) is 3.25. The van der Waals surface area contributed by atoms with Crippen LogP contribution in [0.25, 0.3) is 10.9 Å². The molecule has 19 heavy (non-hydrogen) atoms. The number of aromatic amines is 1. The number of fused-ring (bicyclic) bond motifs is 1. The van der Waals surface area contributed by atoms with Crippen molar-refractivity contribution in [2.45, 2.75) is 6.42 Å². The van der Waals surface area contributed by atoms with Gasteiger partial charge in [-0.15, -0.1) is 0 Å². The second-order valence-electron chi connectivity index (χ2n) is 4.55. The molecule has 3 heteroatoms. The fourth-order valence-electron chi connectivity index (χ4n) is 2.31. The van der Waals surface area contributed by atoms with Crippen LogP contribution < -0.4 is 0 Å². The van der Waals surface area contributed by atoms with Crippen LogP contribution in [0.5, 0.6) is 5.88 Å². The third kappa shape index (κ3) is 2.10. The molecule has 3 rings (SSSR count). The van der Waals surface area contributed by atoms with E-state index in [4.69, 9.17) is 0 Å². The van der Waals surface area contributed by atoms with Crippen LogP contribution >= 0.6 is 0 Å². The summed E-state index contributed by atoms with van der Waals surface area (Å²) in [6, 6.07) is 16.0. The van der Waals surface area contributed by atoms with E-state index in [9.17, 15) is 9.90 Å². The second kappa shape index (κ2) is 4.61. The van der Waals surface area contributed by atoms with Crippen LogP contribution in [0.1, 0.15) is 21.5 Å². The topological polar surface area (TPSA) is 53.1 Å². The molecule has 0 aliphatic heterocycles. The number of aromatic hydroxyl groups is 1. The van der Waals surface area contributed by atoms with Crippen LogP contribution in [-0.4, -0.2) is 16.4 Å². The molecule has 1 aromatic heterocycles. The number of rotatable bonds is 3. The molecule has 0 aliphatic carbocycles. The summed E-state index contributed by atoms with van der Waals surface area (Å²) in [6.07, 6.45) is 1.49. The lowest BCUT2D eigenvalue weighted by Crippen LogP contribution is -1.87. The van der Waals surface area contributed by atoms with E-state index in [-0.39, 0.29) is 5.88 Å². The van der Waals surface area contributed by atoms with Crippen molar-refractivity contribution in [2.24, 2.45) is 0 Å². The molecule has 0 bridgehead atoms. The van der Waals surface area contributed by atoms with Crippen molar-refractivity contribution in [2.75, 3.05) is 0 Å². The van der Waals surface area contributed by atoms with Crippen molar-refractivity contribution in [1.82, 2.24) is 4.98 Å². The normalized spacial score (nSPS) is 10.7. The molecule has 0 amide bonds. The zero-order valence-corrected chi connectivity index (χ0v) is 10.3. The van der Waals surface area contributed by atoms with E-state index in [1.54, 1.807) is 0 Å². The molecule has 0 spiro atoms. The summed E-state index contributed by atoms with van der Waals surface area (Å²) in [6.45, 7) is 0. The predicted molar refractivity (Wildman–Crippen MR) is 74.6 cm³/mol. The van der Waals surface area contributed by atoms with Crippen molar-refractivity contribution in [1.29, 1.82) is 0 Å². The number of carbonyl (C=O) groups excluding carboxylic acids is 1. The molecule has 2 N–H and O–H groups in total. The van der Waals surface area contributed by atoms with E-state index in [2.05, 4.69) is 17.1 Å². The van der Waals surface area contributed by atoms with Crippen LogP contribution in [0.4, 0.5) is 0 Å². The zero-order valence-electron chi connectivity index (χ0n) is 10.3. The lowest BCUT2D eigenvalue weighted by Gasteiger charge is -2.02. The van der Waals surface area contributed by atoms with Crippen molar-refractivity contribution in [3.8, 4) is 5.88 Å². The van der Waals surface area contributed by atoms with Crippen molar-refractivity contribution in [3.63, 3.8) is 0 Å². The summed E-state index contributed by atoms with van der Waals surface area (Å²) in [7, 11) is 0. The number of benzene rings is 2. The Morgan fingerprint density at radius 1 is 1.05 bits per heavy atom. The quantitative estimate of drug-likeness (QED) is 0.702. The number of carbonyl (C=O) groups is 1. The first kappa shape index (κ1) is 11.5. The summed E-state index contributed by atoms with van der Waals surface area (Å²) >= 11 is 0. The van der Waals surface area contributed by atoms with Crippen molar-refractivity contribution < 1.29 is 9.90 Å². The number of aromatic nitrogens is 1. The summed E-state index contributed by atoms with van der Waals surface area (Å²) in [4.78, 5) is 13.8. The first-order chi connectivity index (χ1) is 9.28. The molecule has 0 saturated heterocycles. The van der Waals surface area contributed by atoms with Crippen LogP contribution in [-0.2, 0) is 6.42 Å². The van der Waals surface area contributed by atoms with Gasteiger partial charge in [-0.05, 0) is 29.7 Å². The molecule has 1 heterocycles. The smallest absolute Gasteiger partial charge is 0.200 e. The number of H-pyrrole nitrogens is 1. The molecule has 2 aromatic carbocycles. The Morgan fingerprint density at radius 2 is 1.84 bits per heavy atom. The summed E-state index contributed by atoms with van der Waals surface area (Å²) in [5.41, 5.74) is 3.43. The minimum atomic E-state index is -0.0677. The minimum Gasteiger partial charge on any atom is -0.494 e. The maximum atomic E-state index is 11.0. The minimum absolute atomic E-state index is 0.0677. The Balaban J connectivity index is 2.04. The van der Waals surface area contributed by atoms with Gasteiger partial charge in [-0.2, -0.15) is 0 Å². The fraction of sp³-hybridized carbons (Fsp3) is 0.0625. The maximum absolute atomic E-state index is 11.0. The zero-order chi connectivity index (χ0) is 13.2. The molecule has 3 nitrogen and oxygen atoms in total. The average Bonchev–Trinajstić information content (AvgIpc) is 2.74. The first-order valence-electron chi connectivity index (χ1n) is 6.10. The monoisotopic (exact) mass is 251 g/mol. The SMILES string of the molecule is O=Cc1c(O)[nH]c2ccc(Cc3ccccc3)cc12. The van der Waals surface area contributed by atoms with Gasteiger partial charge in [0.15, 0.2) is 12.2 Å². The standard InChI is InChI=1S/C16H13NO2/c18-10-14-13-9-12(6-7-15(13)17-16(14)19)8-11-4-2-1-3-5-11/h1-7,9-10,17,19H,8H2. The summed E-state index contributed by atoms with van der Waals surface area (Å²) in [5.74, 6) is -0.0677. The average molecular weight is 251 g/mol. The van der Waals surface area contributed by atoms with Crippen molar-refractivity contribution >= 4 is 17.2 Å². The van der Waals surface area contributed by atoms with E-state index in [0.717, 1.165) is 22.9 Å². The van der Waals surface area contributed by atoms with E-state index in [1.807, 2.05) is 36.4 Å². The van der Waals surface area contributed by atoms with Gasteiger partial charge in [-0.3, -0.25) is 4.79 Å². The van der Waals surface area contributed by atoms with Gasteiger partial charge in [0, 0.05) is 10.9 Å². The maximum Gasteiger partial charge on any atom is 0.200 e. The van der Waals surface area contributed by atoms with Gasteiger partial charge in [-0.25, -0.2) is 0 Å². The van der Waals surface area contributed by atoms with E-state index in [0.29, 0.717) is 11.8 Å². The molecule has 0 fully saturated rings. The van der Waals surface area contributed by atoms with Gasteiger partial charge in [0.2, 0.25) is 0 Å². The highest BCUT2D eigenvalue weighted by Crippen LogP contribution is 2.27. The molecule has 94 valence electrons. The van der Waals surface area contributed by atoms with Gasteiger partial charge in [0.05, 0.1) is 5.56 Å². The molecule has 0 atom stereocenters. The Kier molecular flexibility index (Phi) is 2.80. The predicted octanol–water partition coefficient (Wildman–Crippen LogP) is 3.28. The largest absolute Gasteiger partial charge is 0.494 e. The van der Waals surface area contributed by atoms with Gasteiger partial charge in [0.1, 0.15) is 0 Å². The lowest BCUT2D eigenvalue weighted by molar-refractivity contribution is 0.112. The molecule has 3 aromatic rings. The molecule has 0 radical (unpaired) electrons. The third-order valence-electron chi connectivity index (χ3n) is 3.25. The first-order valence-corrected chi connectivity index (χ1v) is 6.10. The van der Waals surface area contributed by atoms with E-state index < -0.39 is 0 Å². The highest BCUT2D eigenvalue weighted by atomic mass is 16.3. The van der Waals surface area contributed by atoms with Gasteiger partial charge in [0.25, 0.3) is 0 Å². The Bertz CT molecular complexity index is 729. The fourth-order valence-corrected chi connectivity index (χ4v) is 2.31. The van der Waals surface area contributed by atoms with Crippen molar-refractivity contribution in [3.05, 3.63) is 65.2 Å². The number of hydrogen-bond acceptors (Lipinski definition) is 2. The summed E-state index contributed by atoms with van der Waals surface area (Å²) < 4.78 is 0. The molecular formula is C16H13NO2. The molecular weight excluding hydrogens is 238 g/mol. The number of hydrogen-bond donors (Lipinski definition) is 2. The van der Waals surface area contributed by atoms with Crippen LogP contribution in [0.3, 0.4) is 0 Å². The van der Waals surface area contributed by atoms with Crippen LogP contribution in [0.15, 0.2) is 48.5 Å². The van der Waals surface area contributed by atoms with Crippen LogP contribution in [0.2, 0.25) is 0 Å². The lowest BCUT2D eigenvalue weighted by atomic mass is 10.0. The molecule has 0 aliphatic rings. The highest BCUT2D eigenvalue weighted by molar-refractivity contribution is 6.00. The van der Waals surface area contributed by atoms with Crippen LogP contribution in [0, 0.1) is 0 Å². The molecule has 0 saturated carbocycles. The van der Waals surface area contributed by atoms with Gasteiger partial charge in [-0.1, -0.05) is 36.4 Å². The Labute approximate surface area is 110 Å². The van der Waals surface area contributed by atoms with Gasteiger partial charge >= 0.3 is 0 Å². The Morgan fingerprint density at radius 3 is 2.58 bits per heavy atom. The highest BCUT2D eigenvalue weighted by Gasteiger charge is 2.10. The van der Waals surface area contributed by atoms with E-state index >= 15 is 0 Å².